The van der Waals surface area contributed by atoms with Gasteiger partial charge in [-0.2, -0.15) is 0 Å². The maximum Gasteiger partial charge on any atom is 0.223 e. The summed E-state index contributed by atoms with van der Waals surface area (Å²) in [4.78, 5) is 13.8. The highest BCUT2D eigenvalue weighted by Gasteiger charge is 2.20. The number of nitrogens with zero attached hydrogens (tertiary/aromatic N) is 1. The highest BCUT2D eigenvalue weighted by molar-refractivity contribution is 5.76. The van der Waals surface area contributed by atoms with Gasteiger partial charge in [-0.3, -0.25) is 4.79 Å². The lowest BCUT2D eigenvalue weighted by molar-refractivity contribution is -0.135. The minimum absolute atomic E-state index is 0.276. The molecule has 14 heavy (non-hydrogen) atoms. The predicted octanol–water partition coefficient (Wildman–Crippen LogP) is 3.03. The summed E-state index contributed by atoms with van der Waals surface area (Å²) in [7, 11) is 0. The molecular weight excluding hydrogens is 174 g/mol. The average molecular weight is 198 g/mol. The van der Waals surface area contributed by atoms with Crippen LogP contribution in [0.5, 0.6) is 0 Å². The van der Waals surface area contributed by atoms with Crippen LogP contribution >= 0.6 is 0 Å². The van der Waals surface area contributed by atoms with Crippen molar-refractivity contribution in [1.29, 1.82) is 0 Å². The van der Waals surface area contributed by atoms with Crippen LogP contribution in [0.3, 0.4) is 0 Å². The number of amides is 1. The zero-order chi connectivity index (χ0) is 11.1. The molecule has 0 aromatic carbocycles. The molecule has 0 saturated heterocycles. The molecule has 0 N–H and O–H groups in total. The third-order valence-corrected chi connectivity index (χ3v) is 2.55. The number of unbranched alkanes of at least 4 members (excludes halogenated alkanes) is 1. The summed E-state index contributed by atoms with van der Waals surface area (Å²) in [6, 6.07) is 0.662. The van der Waals surface area contributed by atoms with Gasteiger partial charge >= 0.3 is 0 Å². The summed E-state index contributed by atoms with van der Waals surface area (Å²) in [5.74, 6) is 0.276. The largest absolute Gasteiger partial charge is 0.338 e. The summed E-state index contributed by atoms with van der Waals surface area (Å²) >= 11 is 0. The van der Waals surface area contributed by atoms with Crippen molar-refractivity contribution < 1.29 is 4.79 Å². The molecule has 0 aromatic rings. The van der Waals surface area contributed by atoms with E-state index in [2.05, 4.69) is 34.6 Å². The lowest BCUT2D eigenvalue weighted by atomic mass is 10.1. The number of rotatable bonds is 6. The monoisotopic (exact) mass is 198 g/mol. The number of hydrogen-bond acceptors (Lipinski definition) is 1. The van der Waals surface area contributed by atoms with Crippen LogP contribution in [0.1, 0.15) is 53.4 Å². The first-order valence-electron chi connectivity index (χ1n) is 5.65. The number of hydrogen-bond donors (Lipinski definition) is 0. The van der Waals surface area contributed by atoms with Gasteiger partial charge in [0, 0.05) is 18.5 Å². The van der Waals surface area contributed by atoms with Crippen LogP contribution in [0.2, 0.25) is 0 Å². The lowest BCUT2D eigenvalue weighted by Gasteiger charge is -2.32. The number of carbonyl (C=O) groups is 1. The Morgan fingerprint density at radius 1 is 1.36 bits per heavy atom. The van der Waals surface area contributed by atoms with Crippen molar-refractivity contribution in [2.75, 3.05) is 0 Å². The first-order valence-corrected chi connectivity index (χ1v) is 5.65. The first-order chi connectivity index (χ1) is 6.54. The molecule has 0 heterocycles. The van der Waals surface area contributed by atoms with Crippen molar-refractivity contribution in [3.05, 3.63) is 6.92 Å². The van der Waals surface area contributed by atoms with E-state index in [0.717, 1.165) is 19.3 Å². The third kappa shape index (κ3) is 4.12. The second-order valence-corrected chi connectivity index (χ2v) is 4.11. The lowest BCUT2D eigenvalue weighted by Crippen LogP contribution is -2.43. The second-order valence-electron chi connectivity index (χ2n) is 4.11. The van der Waals surface area contributed by atoms with Gasteiger partial charge < -0.3 is 4.90 Å². The molecule has 1 radical (unpaired) electrons. The van der Waals surface area contributed by atoms with E-state index in [-0.39, 0.29) is 5.91 Å². The minimum atomic E-state index is 0.276. The molecule has 1 unspecified atom stereocenters. The molecular formula is C12H24NO. The van der Waals surface area contributed by atoms with Crippen LogP contribution in [-0.2, 0) is 4.79 Å². The fraction of sp³-hybridized carbons (Fsp3) is 0.833. The van der Waals surface area contributed by atoms with Crippen LogP contribution in [0.25, 0.3) is 0 Å². The Morgan fingerprint density at radius 3 is 2.29 bits per heavy atom. The highest BCUT2D eigenvalue weighted by Crippen LogP contribution is 2.12. The van der Waals surface area contributed by atoms with Crippen LogP contribution < -0.4 is 0 Å². The van der Waals surface area contributed by atoms with E-state index in [1.165, 1.54) is 0 Å². The Kier molecular flexibility index (Phi) is 6.60. The number of carbonyl (C=O) groups excluding carboxylic acids is 1. The van der Waals surface area contributed by atoms with Crippen LogP contribution in [0.15, 0.2) is 0 Å². The zero-order valence-electron chi connectivity index (χ0n) is 10.0. The molecule has 0 saturated carbocycles. The van der Waals surface area contributed by atoms with Crippen molar-refractivity contribution >= 4 is 5.91 Å². The normalized spacial score (nSPS) is 13.0. The molecule has 1 atom stereocenters. The molecule has 0 aromatic heterocycles. The van der Waals surface area contributed by atoms with Gasteiger partial charge in [0.15, 0.2) is 0 Å². The zero-order valence-corrected chi connectivity index (χ0v) is 10.0. The summed E-state index contributed by atoms with van der Waals surface area (Å²) in [6.07, 6.45) is 3.41. The molecule has 0 aliphatic carbocycles. The Labute approximate surface area is 88.7 Å². The fourth-order valence-electron chi connectivity index (χ4n) is 1.64. The quantitative estimate of drug-likeness (QED) is 0.642. The minimum Gasteiger partial charge on any atom is -0.338 e. The Bertz CT molecular complexity index is 166. The fourth-order valence-corrected chi connectivity index (χ4v) is 1.64. The first kappa shape index (κ1) is 13.5. The van der Waals surface area contributed by atoms with E-state index in [1.807, 2.05) is 4.90 Å². The maximum absolute atomic E-state index is 11.8. The van der Waals surface area contributed by atoms with Gasteiger partial charge in [0.1, 0.15) is 0 Å². The van der Waals surface area contributed by atoms with Crippen LogP contribution in [0.4, 0.5) is 0 Å². The van der Waals surface area contributed by atoms with Crippen molar-refractivity contribution in [3.63, 3.8) is 0 Å². The van der Waals surface area contributed by atoms with Crippen molar-refractivity contribution in [1.82, 2.24) is 4.90 Å². The van der Waals surface area contributed by atoms with Crippen molar-refractivity contribution in [2.24, 2.45) is 0 Å². The second kappa shape index (κ2) is 6.86. The summed E-state index contributed by atoms with van der Waals surface area (Å²) in [5.41, 5.74) is 0. The van der Waals surface area contributed by atoms with Crippen molar-refractivity contribution in [3.8, 4) is 0 Å². The molecule has 2 heteroatoms. The summed E-state index contributed by atoms with van der Waals surface area (Å²) in [5, 5.41) is 0. The smallest absolute Gasteiger partial charge is 0.223 e. The van der Waals surface area contributed by atoms with E-state index in [4.69, 9.17) is 0 Å². The molecule has 1 amide bonds. The van der Waals surface area contributed by atoms with E-state index in [9.17, 15) is 4.79 Å². The van der Waals surface area contributed by atoms with E-state index in [1.54, 1.807) is 0 Å². The van der Waals surface area contributed by atoms with Gasteiger partial charge in [0.2, 0.25) is 5.91 Å². The van der Waals surface area contributed by atoms with Gasteiger partial charge in [-0.15, -0.1) is 0 Å². The standard InChI is InChI=1S/C12H24NO/c1-6-8-9-12(14)13(10(3)4)11(5)7-2/h10-11H,1,6-9H2,2-5H3. The van der Waals surface area contributed by atoms with Gasteiger partial charge in [0.05, 0.1) is 0 Å². The Hall–Kier alpha value is -0.530. The third-order valence-electron chi connectivity index (χ3n) is 2.55. The molecule has 0 spiro atoms. The highest BCUT2D eigenvalue weighted by atomic mass is 16.2. The SMILES string of the molecule is [CH2]CCCC(=O)N(C(C)C)C(C)CC. The van der Waals surface area contributed by atoms with E-state index >= 15 is 0 Å². The van der Waals surface area contributed by atoms with Gasteiger partial charge in [-0.25, -0.2) is 0 Å². The van der Waals surface area contributed by atoms with Gasteiger partial charge in [-0.1, -0.05) is 20.3 Å². The maximum atomic E-state index is 11.8. The topological polar surface area (TPSA) is 20.3 Å². The predicted molar refractivity (Wildman–Crippen MR) is 60.9 cm³/mol. The molecule has 2 nitrogen and oxygen atoms in total. The molecule has 0 rings (SSSR count). The molecule has 0 aliphatic rings. The summed E-state index contributed by atoms with van der Waals surface area (Å²) < 4.78 is 0. The summed E-state index contributed by atoms with van der Waals surface area (Å²) in [6.45, 7) is 12.1. The van der Waals surface area contributed by atoms with Crippen LogP contribution in [-0.4, -0.2) is 22.9 Å². The Balaban J connectivity index is 4.26. The van der Waals surface area contributed by atoms with Gasteiger partial charge in [-0.05, 0) is 33.6 Å². The van der Waals surface area contributed by atoms with E-state index in [0.29, 0.717) is 18.5 Å². The van der Waals surface area contributed by atoms with Crippen LogP contribution in [0, 0.1) is 6.92 Å². The van der Waals surface area contributed by atoms with E-state index < -0.39 is 0 Å². The molecule has 0 bridgehead atoms. The molecule has 83 valence electrons. The van der Waals surface area contributed by atoms with Gasteiger partial charge in [0.25, 0.3) is 0 Å². The Morgan fingerprint density at radius 2 is 1.93 bits per heavy atom. The average Bonchev–Trinajstić information content (AvgIpc) is 2.14. The molecule has 0 aliphatic heterocycles. The van der Waals surface area contributed by atoms with Crippen molar-refractivity contribution in [2.45, 2.75) is 65.5 Å². The molecule has 0 fully saturated rings.